The van der Waals surface area contributed by atoms with Gasteiger partial charge >= 0.3 is 0 Å². The predicted octanol–water partition coefficient (Wildman–Crippen LogP) is 6.94. The van der Waals surface area contributed by atoms with Crippen LogP contribution in [0.25, 0.3) is 11.1 Å². The molecule has 1 fully saturated rings. The highest BCUT2D eigenvalue weighted by Crippen LogP contribution is 2.33. The molecule has 1 aliphatic carbocycles. The molecule has 0 bridgehead atoms. The summed E-state index contributed by atoms with van der Waals surface area (Å²) >= 11 is 0. The third-order valence-electron chi connectivity index (χ3n) is 6.27. The van der Waals surface area contributed by atoms with Crippen LogP contribution in [0.5, 0.6) is 0 Å². The molecule has 1 aliphatic rings. The lowest BCUT2D eigenvalue weighted by Gasteiger charge is -2.28. The molecule has 0 unspecified atom stereocenters. The van der Waals surface area contributed by atoms with E-state index in [0.29, 0.717) is 0 Å². The van der Waals surface area contributed by atoms with Crippen LogP contribution >= 0.6 is 0 Å². The molecule has 1 aromatic carbocycles. The molecule has 146 valence electrons. The Morgan fingerprint density at radius 2 is 1.52 bits per heavy atom. The van der Waals surface area contributed by atoms with Crippen molar-refractivity contribution >= 4 is 0 Å². The summed E-state index contributed by atoms with van der Waals surface area (Å²) in [6, 6.07) is 8.90. The topological polar surface area (TPSA) is 25.8 Å². The second-order valence-corrected chi connectivity index (χ2v) is 8.45. The van der Waals surface area contributed by atoms with E-state index in [-0.39, 0.29) is 0 Å². The monoisotopic (exact) mass is 364 g/mol. The second-order valence-electron chi connectivity index (χ2n) is 8.45. The molecular formula is C25H36N2. The smallest absolute Gasteiger partial charge is 0.128 e. The Morgan fingerprint density at radius 3 is 2.11 bits per heavy atom. The van der Waals surface area contributed by atoms with Crippen LogP contribution in [0.3, 0.4) is 0 Å². The van der Waals surface area contributed by atoms with Crippen molar-refractivity contribution in [1.29, 1.82) is 0 Å². The first-order chi connectivity index (χ1) is 13.2. The molecule has 0 atom stereocenters. The standard InChI is InChI=1S/C25H36N2/c1-4-6-20-8-10-22(11-9-20)14-17-25-26-18-24(19(3)27-25)23-15-12-21(7-5-2)13-16-23/h12-13,15-16,18,20,22H,4-11,14,17H2,1-3H3/t20-,22-. The van der Waals surface area contributed by atoms with Gasteiger partial charge in [0.15, 0.2) is 0 Å². The summed E-state index contributed by atoms with van der Waals surface area (Å²) < 4.78 is 0. The Hall–Kier alpha value is -1.70. The van der Waals surface area contributed by atoms with Crippen molar-refractivity contribution in [3.05, 3.63) is 47.5 Å². The van der Waals surface area contributed by atoms with E-state index < -0.39 is 0 Å². The molecule has 1 aromatic heterocycles. The Kier molecular flexibility index (Phi) is 7.43. The van der Waals surface area contributed by atoms with E-state index in [1.165, 1.54) is 68.1 Å². The summed E-state index contributed by atoms with van der Waals surface area (Å²) in [4.78, 5) is 9.52. The third kappa shape index (κ3) is 5.64. The molecule has 0 N–H and O–H groups in total. The normalized spacial score (nSPS) is 20.0. The average Bonchev–Trinajstić information content (AvgIpc) is 2.69. The fraction of sp³-hybridized carbons (Fsp3) is 0.600. The van der Waals surface area contributed by atoms with Crippen LogP contribution in [0.2, 0.25) is 0 Å². The number of hydrogen-bond acceptors (Lipinski definition) is 2. The van der Waals surface area contributed by atoms with Gasteiger partial charge in [-0.3, -0.25) is 0 Å². The van der Waals surface area contributed by atoms with Crippen LogP contribution < -0.4 is 0 Å². The highest BCUT2D eigenvalue weighted by Gasteiger charge is 2.20. The first-order valence-electron chi connectivity index (χ1n) is 11.1. The number of aryl methyl sites for hydroxylation is 3. The molecule has 2 nitrogen and oxygen atoms in total. The predicted molar refractivity (Wildman–Crippen MR) is 115 cm³/mol. The molecule has 2 aromatic rings. The summed E-state index contributed by atoms with van der Waals surface area (Å²) in [5, 5.41) is 0. The molecule has 0 aliphatic heterocycles. The molecule has 0 spiro atoms. The lowest BCUT2D eigenvalue weighted by atomic mass is 9.78. The second kappa shape index (κ2) is 10.0. The number of rotatable bonds is 8. The zero-order valence-electron chi connectivity index (χ0n) is 17.5. The van der Waals surface area contributed by atoms with Gasteiger partial charge in [-0.15, -0.1) is 0 Å². The fourth-order valence-electron chi connectivity index (χ4n) is 4.61. The van der Waals surface area contributed by atoms with Crippen molar-refractivity contribution in [3.8, 4) is 11.1 Å². The average molecular weight is 365 g/mol. The number of aromatic nitrogens is 2. The van der Waals surface area contributed by atoms with Gasteiger partial charge in [0.05, 0.1) is 0 Å². The summed E-state index contributed by atoms with van der Waals surface area (Å²) in [5.41, 5.74) is 4.91. The highest BCUT2D eigenvalue weighted by molar-refractivity contribution is 5.65. The first-order valence-corrected chi connectivity index (χ1v) is 11.1. The van der Waals surface area contributed by atoms with Crippen LogP contribution in [0.1, 0.15) is 82.3 Å². The Labute approximate surface area is 165 Å². The zero-order chi connectivity index (χ0) is 19.1. The molecule has 0 amide bonds. The summed E-state index contributed by atoms with van der Waals surface area (Å²) in [6.07, 6.45) is 15.1. The van der Waals surface area contributed by atoms with Crippen molar-refractivity contribution < 1.29 is 0 Å². The SMILES string of the molecule is CCCc1ccc(-c2cnc(CC[C@H]3CC[C@H](CCC)CC3)nc2C)cc1. The van der Waals surface area contributed by atoms with E-state index in [0.717, 1.165) is 36.2 Å². The molecule has 0 saturated heterocycles. The molecular weight excluding hydrogens is 328 g/mol. The maximum absolute atomic E-state index is 4.83. The van der Waals surface area contributed by atoms with Gasteiger partial charge in [0.1, 0.15) is 5.82 Å². The van der Waals surface area contributed by atoms with Gasteiger partial charge in [-0.2, -0.15) is 0 Å². The van der Waals surface area contributed by atoms with Crippen LogP contribution in [0, 0.1) is 18.8 Å². The first kappa shape index (κ1) is 20.0. The van der Waals surface area contributed by atoms with Crippen molar-refractivity contribution in [3.63, 3.8) is 0 Å². The molecule has 1 saturated carbocycles. The molecule has 1 heterocycles. The van der Waals surface area contributed by atoms with Crippen LogP contribution in [-0.2, 0) is 12.8 Å². The van der Waals surface area contributed by atoms with Gasteiger partial charge in [-0.1, -0.05) is 83.1 Å². The zero-order valence-corrected chi connectivity index (χ0v) is 17.5. The van der Waals surface area contributed by atoms with Crippen molar-refractivity contribution in [2.75, 3.05) is 0 Å². The van der Waals surface area contributed by atoms with E-state index >= 15 is 0 Å². The van der Waals surface area contributed by atoms with E-state index in [4.69, 9.17) is 9.97 Å². The summed E-state index contributed by atoms with van der Waals surface area (Å²) in [7, 11) is 0. The third-order valence-corrected chi connectivity index (χ3v) is 6.27. The van der Waals surface area contributed by atoms with Gasteiger partial charge in [0.25, 0.3) is 0 Å². The van der Waals surface area contributed by atoms with Gasteiger partial charge in [0.2, 0.25) is 0 Å². The van der Waals surface area contributed by atoms with E-state index in [9.17, 15) is 0 Å². The highest BCUT2D eigenvalue weighted by atomic mass is 14.9. The maximum atomic E-state index is 4.83. The number of nitrogens with zero attached hydrogens (tertiary/aromatic N) is 2. The fourth-order valence-corrected chi connectivity index (χ4v) is 4.61. The Bertz CT molecular complexity index is 697. The van der Waals surface area contributed by atoms with E-state index in [1.54, 1.807) is 0 Å². The maximum Gasteiger partial charge on any atom is 0.128 e. The van der Waals surface area contributed by atoms with Crippen LogP contribution in [-0.4, -0.2) is 9.97 Å². The Morgan fingerprint density at radius 1 is 0.852 bits per heavy atom. The quantitative estimate of drug-likeness (QED) is 0.507. The molecule has 0 radical (unpaired) electrons. The van der Waals surface area contributed by atoms with E-state index in [1.807, 2.05) is 6.20 Å². The van der Waals surface area contributed by atoms with Crippen molar-refractivity contribution in [2.24, 2.45) is 11.8 Å². The number of benzene rings is 1. The van der Waals surface area contributed by atoms with Gasteiger partial charge in [0, 0.05) is 23.9 Å². The van der Waals surface area contributed by atoms with Crippen molar-refractivity contribution in [2.45, 2.75) is 85.0 Å². The van der Waals surface area contributed by atoms with Crippen LogP contribution in [0.15, 0.2) is 30.5 Å². The summed E-state index contributed by atoms with van der Waals surface area (Å²) in [6.45, 7) is 6.66. The Balaban J connectivity index is 1.55. The largest absolute Gasteiger partial charge is 0.241 e. The van der Waals surface area contributed by atoms with E-state index in [2.05, 4.69) is 45.0 Å². The van der Waals surface area contributed by atoms with Crippen LogP contribution in [0.4, 0.5) is 0 Å². The minimum Gasteiger partial charge on any atom is -0.241 e. The molecule has 2 heteroatoms. The minimum atomic E-state index is 0.882. The minimum absolute atomic E-state index is 0.882. The molecule has 3 rings (SSSR count). The van der Waals surface area contributed by atoms with Gasteiger partial charge in [-0.25, -0.2) is 9.97 Å². The van der Waals surface area contributed by atoms with Crippen molar-refractivity contribution in [1.82, 2.24) is 9.97 Å². The molecule has 27 heavy (non-hydrogen) atoms. The summed E-state index contributed by atoms with van der Waals surface area (Å²) in [5.74, 6) is 2.90. The van der Waals surface area contributed by atoms with Gasteiger partial charge < -0.3 is 0 Å². The number of hydrogen-bond donors (Lipinski definition) is 0. The lowest BCUT2D eigenvalue weighted by Crippen LogP contribution is -2.15. The van der Waals surface area contributed by atoms with Gasteiger partial charge in [-0.05, 0) is 42.7 Å². The lowest BCUT2D eigenvalue weighted by molar-refractivity contribution is 0.251.